The van der Waals surface area contributed by atoms with Gasteiger partial charge in [-0.15, -0.1) is 0 Å². The third kappa shape index (κ3) is 4.90. The van der Waals surface area contributed by atoms with Crippen molar-refractivity contribution in [3.05, 3.63) is 78.5 Å². The minimum absolute atomic E-state index is 0.000935. The first-order valence-corrected chi connectivity index (χ1v) is 13.1. The van der Waals surface area contributed by atoms with Crippen LogP contribution in [0.15, 0.2) is 45.8 Å². The number of rotatable bonds is 3. The number of hydrogen-bond acceptors (Lipinski definition) is 6. The zero-order valence-electron chi connectivity index (χ0n) is 20.1. The molecule has 0 spiro atoms. The fraction of sp³-hybridized carbons (Fsp3) is 0.360. The van der Waals surface area contributed by atoms with Crippen molar-refractivity contribution in [1.82, 2.24) is 19.4 Å². The van der Waals surface area contributed by atoms with E-state index in [9.17, 15) is 27.9 Å². The fourth-order valence-corrected chi connectivity index (χ4v) is 5.67. The Balaban J connectivity index is 1.44. The molecule has 2 N–H and O–H groups in total. The number of fused-ring (bicyclic) bond motifs is 1. The van der Waals surface area contributed by atoms with E-state index in [-0.39, 0.29) is 33.3 Å². The number of β-amino-alcohol motifs (C(OH)–C–C–N with tert-alkyl or cyclic N) is 1. The van der Waals surface area contributed by atoms with Gasteiger partial charge in [-0.3, -0.25) is 14.2 Å². The Morgan fingerprint density at radius 3 is 2.66 bits per heavy atom. The molecule has 2 aliphatic rings. The van der Waals surface area contributed by atoms with Gasteiger partial charge in [0.1, 0.15) is 5.82 Å². The predicted octanol–water partition coefficient (Wildman–Crippen LogP) is 4.23. The van der Waals surface area contributed by atoms with Crippen LogP contribution < -0.4 is 10.5 Å². The number of carbonyl (C=O) groups is 1. The van der Waals surface area contributed by atoms with Gasteiger partial charge in [0.15, 0.2) is 4.77 Å². The Morgan fingerprint density at radius 2 is 2.03 bits per heavy atom. The minimum Gasteiger partial charge on any atom is -0.391 e. The number of alkyl halides is 3. The number of halogens is 4. The molecule has 2 atom stereocenters. The molecule has 5 rings (SSSR count). The molecule has 4 heterocycles. The Bertz CT molecular complexity index is 1520. The van der Waals surface area contributed by atoms with Crippen molar-refractivity contribution < 1.29 is 23.1 Å². The zero-order valence-corrected chi connectivity index (χ0v) is 22.5. The molecule has 1 saturated heterocycles. The molecule has 13 heteroatoms. The van der Waals surface area contributed by atoms with Crippen molar-refractivity contribution in [3.63, 3.8) is 0 Å². The monoisotopic (exact) mass is 609 g/mol. The van der Waals surface area contributed by atoms with Crippen molar-refractivity contribution in [2.75, 3.05) is 18.0 Å². The highest BCUT2D eigenvalue weighted by Crippen LogP contribution is 2.36. The number of aromatic nitrogens is 3. The lowest BCUT2D eigenvalue weighted by molar-refractivity contribution is -0.138. The number of aliphatic hydroxyl groups is 1. The Kier molecular flexibility index (Phi) is 6.95. The number of amides is 1. The minimum atomic E-state index is -4.62. The molecule has 0 bridgehead atoms. The molecule has 2 aliphatic heterocycles. The van der Waals surface area contributed by atoms with E-state index in [4.69, 9.17) is 12.2 Å². The van der Waals surface area contributed by atoms with Gasteiger partial charge in [0, 0.05) is 40.4 Å². The molecular formula is C25H23BrF3N5O3S. The van der Waals surface area contributed by atoms with Crippen LogP contribution in [0.25, 0.3) is 5.69 Å². The van der Waals surface area contributed by atoms with E-state index >= 15 is 0 Å². The number of hydrogen-bond donors (Lipinski definition) is 2. The van der Waals surface area contributed by atoms with Crippen molar-refractivity contribution in [2.24, 2.45) is 0 Å². The van der Waals surface area contributed by atoms with E-state index in [0.717, 1.165) is 6.07 Å². The molecule has 1 fully saturated rings. The summed E-state index contributed by atoms with van der Waals surface area (Å²) in [7, 11) is 0. The van der Waals surface area contributed by atoms with Crippen LogP contribution in [0.2, 0.25) is 0 Å². The van der Waals surface area contributed by atoms with E-state index in [1.54, 1.807) is 25.3 Å². The maximum Gasteiger partial charge on any atom is 0.417 e. The number of H-pyrrole nitrogens is 1. The number of nitrogens with zero attached hydrogens (tertiary/aromatic N) is 4. The third-order valence-electron chi connectivity index (χ3n) is 6.90. The molecule has 0 radical (unpaired) electrons. The summed E-state index contributed by atoms with van der Waals surface area (Å²) in [6.07, 6.45) is -2.59. The summed E-state index contributed by atoms with van der Waals surface area (Å²) in [6, 6.07) is 6.43. The second-order valence-electron chi connectivity index (χ2n) is 9.47. The van der Waals surface area contributed by atoms with Gasteiger partial charge < -0.3 is 19.9 Å². The summed E-state index contributed by atoms with van der Waals surface area (Å²) < 4.78 is 41.4. The normalized spacial score (nSPS) is 19.5. The second-order valence-corrected chi connectivity index (χ2v) is 10.7. The maximum absolute atomic E-state index is 13.5. The van der Waals surface area contributed by atoms with Gasteiger partial charge in [0.2, 0.25) is 0 Å². The highest BCUT2D eigenvalue weighted by molar-refractivity contribution is 9.10. The summed E-state index contributed by atoms with van der Waals surface area (Å²) in [6.45, 7) is 2.94. The lowest BCUT2D eigenvalue weighted by Gasteiger charge is -2.34. The number of pyridine rings is 1. The van der Waals surface area contributed by atoms with Crippen LogP contribution in [0.4, 0.5) is 19.0 Å². The van der Waals surface area contributed by atoms with Crippen molar-refractivity contribution in [3.8, 4) is 5.69 Å². The molecule has 200 valence electrons. The molecule has 2 aromatic heterocycles. The number of anilines is 1. The fourth-order valence-electron chi connectivity index (χ4n) is 4.89. The van der Waals surface area contributed by atoms with Crippen LogP contribution in [0, 0.1) is 4.77 Å². The Morgan fingerprint density at radius 1 is 1.26 bits per heavy atom. The standard InChI is InChI=1S/C25H23BrF3N5O3S/c1-13-8-17-20(12-33(13)22(36)14-2-4-19(26)18(9-14)25(27,28)29)31-24(38)34(23(17)37)15-3-5-21(30-10-15)32-7-6-16(35)11-32/h2-5,9-10,13,16,35H,6-8,11-12H2,1H3,(H,31,38)/t13-,16-/m1/s1. The van der Waals surface area contributed by atoms with Crippen LogP contribution in [-0.2, 0) is 19.1 Å². The summed E-state index contributed by atoms with van der Waals surface area (Å²) in [5, 5.41) is 9.77. The SMILES string of the molecule is C[C@@H]1Cc2c([nH]c(=S)n(-c3ccc(N4CC[C@@H](O)C4)nc3)c2=O)CN1C(=O)c1ccc(Br)c(C(F)(F)F)c1. The number of aliphatic hydroxyl groups excluding tert-OH is 1. The zero-order chi connectivity index (χ0) is 27.4. The van der Waals surface area contributed by atoms with E-state index in [1.165, 1.54) is 21.6 Å². The lowest BCUT2D eigenvalue weighted by Crippen LogP contribution is -2.45. The number of carbonyl (C=O) groups excluding carboxylic acids is 1. The Labute approximate surface area is 228 Å². The topological polar surface area (TPSA) is 94.5 Å². The molecule has 1 amide bonds. The van der Waals surface area contributed by atoms with Crippen LogP contribution >= 0.6 is 28.1 Å². The highest BCUT2D eigenvalue weighted by atomic mass is 79.9. The van der Waals surface area contributed by atoms with E-state index in [1.807, 2.05) is 4.90 Å². The van der Waals surface area contributed by atoms with Gasteiger partial charge in [-0.05, 0) is 62.3 Å². The maximum atomic E-state index is 13.5. The van der Waals surface area contributed by atoms with E-state index in [0.29, 0.717) is 42.3 Å². The summed E-state index contributed by atoms with van der Waals surface area (Å²) in [5.41, 5.74) is 0.0101. The lowest BCUT2D eigenvalue weighted by atomic mass is 9.98. The number of nitrogens with one attached hydrogen (secondary N) is 1. The van der Waals surface area contributed by atoms with Crippen molar-refractivity contribution in [1.29, 1.82) is 0 Å². The predicted molar refractivity (Wildman–Crippen MR) is 140 cm³/mol. The van der Waals surface area contributed by atoms with Crippen LogP contribution in [0.3, 0.4) is 0 Å². The van der Waals surface area contributed by atoms with Gasteiger partial charge in [0.05, 0.1) is 30.1 Å². The first kappa shape index (κ1) is 26.6. The average molecular weight is 610 g/mol. The van der Waals surface area contributed by atoms with Crippen molar-refractivity contribution in [2.45, 2.75) is 44.6 Å². The van der Waals surface area contributed by atoms with Crippen LogP contribution in [0.5, 0.6) is 0 Å². The van der Waals surface area contributed by atoms with Gasteiger partial charge in [-0.25, -0.2) is 4.98 Å². The number of benzene rings is 1. The molecule has 3 aromatic rings. The summed E-state index contributed by atoms with van der Waals surface area (Å²) in [5.74, 6) is 0.118. The third-order valence-corrected chi connectivity index (χ3v) is 7.88. The molecule has 0 aliphatic carbocycles. The molecule has 8 nitrogen and oxygen atoms in total. The molecule has 38 heavy (non-hydrogen) atoms. The van der Waals surface area contributed by atoms with Crippen LogP contribution in [0.1, 0.15) is 40.5 Å². The van der Waals surface area contributed by atoms with Crippen LogP contribution in [-0.4, -0.2) is 55.7 Å². The molecular weight excluding hydrogens is 587 g/mol. The van der Waals surface area contributed by atoms with Gasteiger partial charge in [0.25, 0.3) is 11.5 Å². The highest BCUT2D eigenvalue weighted by Gasteiger charge is 2.35. The Hall–Kier alpha value is -3.03. The van der Waals surface area contributed by atoms with Gasteiger partial charge in [-0.2, -0.15) is 13.2 Å². The molecule has 1 aromatic carbocycles. The van der Waals surface area contributed by atoms with E-state index < -0.39 is 29.8 Å². The summed E-state index contributed by atoms with van der Waals surface area (Å²) >= 11 is 8.36. The smallest absolute Gasteiger partial charge is 0.391 e. The van der Waals surface area contributed by atoms with Gasteiger partial charge >= 0.3 is 6.18 Å². The first-order valence-electron chi connectivity index (χ1n) is 11.9. The van der Waals surface area contributed by atoms with Crippen molar-refractivity contribution >= 4 is 39.9 Å². The second kappa shape index (κ2) is 9.93. The molecule has 0 unspecified atom stereocenters. The quantitative estimate of drug-likeness (QED) is 0.432. The largest absolute Gasteiger partial charge is 0.417 e. The summed E-state index contributed by atoms with van der Waals surface area (Å²) in [4.78, 5) is 37.6. The number of aromatic amines is 1. The van der Waals surface area contributed by atoms with Gasteiger partial charge in [-0.1, -0.05) is 15.9 Å². The van der Waals surface area contributed by atoms with E-state index in [2.05, 4.69) is 25.9 Å². The molecule has 0 saturated carbocycles. The average Bonchev–Trinajstić information content (AvgIpc) is 3.30. The first-order chi connectivity index (χ1) is 17.9.